The van der Waals surface area contributed by atoms with Crippen LogP contribution in [-0.2, 0) is 0 Å². The number of ketones is 1. The number of hydrogen-bond donors (Lipinski definition) is 2. The minimum absolute atomic E-state index is 0.114. The lowest BCUT2D eigenvalue weighted by Crippen LogP contribution is -2.35. The van der Waals surface area contributed by atoms with E-state index < -0.39 is 22.7 Å². The minimum Gasteiger partial charge on any atom is -0.394 e. The molecule has 0 spiro atoms. The van der Waals surface area contributed by atoms with Gasteiger partial charge < -0.3 is 15.3 Å². The molecule has 0 saturated heterocycles. The lowest BCUT2D eigenvalue weighted by Gasteiger charge is -2.15. The van der Waals surface area contributed by atoms with Gasteiger partial charge in [-0.1, -0.05) is 18.2 Å². The van der Waals surface area contributed by atoms with Gasteiger partial charge in [0.25, 0.3) is 11.6 Å². The van der Waals surface area contributed by atoms with E-state index in [2.05, 4.69) is 5.32 Å². The lowest BCUT2D eigenvalue weighted by atomic mass is 9.97. The maximum Gasteiger partial charge on any atom is 0.293 e. The number of nitrogens with zero attached hydrogens (tertiary/aromatic N) is 2. The Morgan fingerprint density at radius 3 is 2.37 bits per heavy atom. The molecule has 0 aliphatic heterocycles. The van der Waals surface area contributed by atoms with Gasteiger partial charge >= 0.3 is 0 Å². The van der Waals surface area contributed by atoms with Gasteiger partial charge in [-0.25, -0.2) is 0 Å². The number of amides is 1. The van der Waals surface area contributed by atoms with Crippen LogP contribution < -0.4 is 10.2 Å². The van der Waals surface area contributed by atoms with Gasteiger partial charge in [0.15, 0.2) is 5.78 Å². The summed E-state index contributed by atoms with van der Waals surface area (Å²) in [6, 6.07) is 9.96. The van der Waals surface area contributed by atoms with Crippen LogP contribution in [0.25, 0.3) is 0 Å². The number of nitro benzene ring substituents is 1. The third kappa shape index (κ3) is 4.48. The smallest absolute Gasteiger partial charge is 0.293 e. The van der Waals surface area contributed by atoms with Crippen molar-refractivity contribution in [1.82, 2.24) is 5.32 Å². The lowest BCUT2D eigenvalue weighted by molar-refractivity contribution is -0.384. The summed E-state index contributed by atoms with van der Waals surface area (Å²) in [6.45, 7) is 1.39. The first-order chi connectivity index (χ1) is 12.8. The van der Waals surface area contributed by atoms with Gasteiger partial charge in [-0.05, 0) is 25.1 Å². The van der Waals surface area contributed by atoms with Crippen molar-refractivity contribution in [3.63, 3.8) is 0 Å². The predicted molar refractivity (Wildman–Crippen MR) is 101 cm³/mol. The molecule has 0 bridgehead atoms. The highest BCUT2D eigenvalue weighted by atomic mass is 16.6. The van der Waals surface area contributed by atoms with Gasteiger partial charge in [0.1, 0.15) is 5.69 Å². The van der Waals surface area contributed by atoms with E-state index in [1.165, 1.54) is 30.3 Å². The topological polar surface area (TPSA) is 113 Å². The zero-order valence-corrected chi connectivity index (χ0v) is 15.3. The average Bonchev–Trinajstić information content (AvgIpc) is 2.66. The maximum atomic E-state index is 12.9. The Labute approximate surface area is 156 Å². The zero-order valence-electron chi connectivity index (χ0n) is 15.3. The molecule has 0 radical (unpaired) electrons. The van der Waals surface area contributed by atoms with Crippen molar-refractivity contribution < 1.29 is 19.6 Å². The molecule has 0 heterocycles. The normalized spacial score (nSPS) is 11.6. The van der Waals surface area contributed by atoms with Gasteiger partial charge in [0.05, 0.1) is 17.1 Å². The number of carbonyl (C=O) groups is 2. The Balaban J connectivity index is 2.46. The Hall–Kier alpha value is -3.26. The molecule has 0 aromatic heterocycles. The van der Waals surface area contributed by atoms with E-state index in [0.29, 0.717) is 5.69 Å². The monoisotopic (exact) mass is 371 g/mol. The number of nitro groups is 1. The Kier molecular flexibility index (Phi) is 6.25. The third-order valence-corrected chi connectivity index (χ3v) is 3.98. The Bertz CT molecular complexity index is 879. The predicted octanol–water partition coefficient (Wildman–Crippen LogP) is 2.00. The second kappa shape index (κ2) is 8.41. The number of anilines is 1. The van der Waals surface area contributed by atoms with Crippen LogP contribution in [0.3, 0.4) is 0 Å². The Morgan fingerprint density at radius 2 is 1.81 bits per heavy atom. The van der Waals surface area contributed by atoms with Gasteiger partial charge in [0, 0.05) is 37.3 Å². The third-order valence-electron chi connectivity index (χ3n) is 3.98. The van der Waals surface area contributed by atoms with Gasteiger partial charge in [-0.3, -0.25) is 19.7 Å². The largest absolute Gasteiger partial charge is 0.394 e. The highest BCUT2D eigenvalue weighted by Crippen LogP contribution is 2.29. The summed E-state index contributed by atoms with van der Waals surface area (Å²) >= 11 is 0. The van der Waals surface area contributed by atoms with Gasteiger partial charge in [-0.2, -0.15) is 0 Å². The molecule has 2 aromatic rings. The van der Waals surface area contributed by atoms with E-state index >= 15 is 0 Å². The second-order valence-electron chi connectivity index (χ2n) is 6.29. The van der Waals surface area contributed by atoms with Crippen molar-refractivity contribution in [2.45, 2.75) is 13.0 Å². The Morgan fingerprint density at radius 1 is 1.19 bits per heavy atom. The van der Waals surface area contributed by atoms with E-state index in [1.807, 2.05) is 0 Å². The molecule has 0 aliphatic rings. The standard InChI is InChI=1S/C19H21N3O5/c1-12(11-23)20-19(25)15-7-5-4-6-14(15)18(24)13-8-9-16(21(2)3)17(10-13)22(26)27/h4-10,12,23H,11H2,1-3H3,(H,20,25). The molecule has 0 saturated carbocycles. The molecule has 1 amide bonds. The summed E-state index contributed by atoms with van der Waals surface area (Å²) in [5, 5.41) is 23.0. The summed E-state index contributed by atoms with van der Waals surface area (Å²) in [7, 11) is 3.34. The summed E-state index contributed by atoms with van der Waals surface area (Å²) in [4.78, 5) is 37.7. The molecular weight excluding hydrogens is 350 g/mol. The van der Waals surface area contributed by atoms with Crippen LogP contribution in [0, 0.1) is 10.1 Å². The number of carbonyl (C=O) groups excluding carboxylic acids is 2. The average molecular weight is 371 g/mol. The number of nitrogens with one attached hydrogen (secondary N) is 1. The molecule has 2 N–H and O–H groups in total. The SMILES string of the molecule is CC(CO)NC(=O)c1ccccc1C(=O)c1ccc(N(C)C)c([N+](=O)[O-])c1. The molecule has 1 unspecified atom stereocenters. The molecule has 8 heteroatoms. The van der Waals surface area contributed by atoms with E-state index in [-0.39, 0.29) is 29.0 Å². The molecule has 1 atom stereocenters. The van der Waals surface area contributed by atoms with Crippen LogP contribution in [0.4, 0.5) is 11.4 Å². The van der Waals surface area contributed by atoms with Crippen LogP contribution >= 0.6 is 0 Å². The van der Waals surface area contributed by atoms with Crippen molar-refractivity contribution in [3.05, 3.63) is 69.3 Å². The molecule has 8 nitrogen and oxygen atoms in total. The summed E-state index contributed by atoms with van der Waals surface area (Å²) in [5.74, 6) is -0.995. The van der Waals surface area contributed by atoms with Crippen LogP contribution in [0.1, 0.15) is 33.2 Å². The molecule has 2 aromatic carbocycles. The van der Waals surface area contributed by atoms with Crippen molar-refractivity contribution in [3.8, 4) is 0 Å². The van der Waals surface area contributed by atoms with E-state index in [0.717, 1.165) is 0 Å². The molecular formula is C19H21N3O5. The number of rotatable bonds is 7. The van der Waals surface area contributed by atoms with E-state index in [4.69, 9.17) is 5.11 Å². The van der Waals surface area contributed by atoms with E-state index in [1.54, 1.807) is 38.1 Å². The highest BCUT2D eigenvalue weighted by Gasteiger charge is 2.23. The zero-order chi connectivity index (χ0) is 20.1. The summed E-state index contributed by atoms with van der Waals surface area (Å²) in [6.07, 6.45) is 0. The summed E-state index contributed by atoms with van der Waals surface area (Å²) < 4.78 is 0. The molecule has 0 fully saturated rings. The van der Waals surface area contributed by atoms with E-state index in [9.17, 15) is 19.7 Å². The molecule has 2 rings (SSSR count). The number of hydrogen-bond acceptors (Lipinski definition) is 6. The van der Waals surface area contributed by atoms with Crippen molar-refractivity contribution in [2.24, 2.45) is 0 Å². The fourth-order valence-corrected chi connectivity index (χ4v) is 2.57. The minimum atomic E-state index is -0.548. The van der Waals surface area contributed by atoms with Crippen LogP contribution in [0.15, 0.2) is 42.5 Å². The molecule has 27 heavy (non-hydrogen) atoms. The highest BCUT2D eigenvalue weighted by molar-refractivity contribution is 6.15. The number of aliphatic hydroxyl groups is 1. The number of aliphatic hydroxyl groups excluding tert-OH is 1. The fourth-order valence-electron chi connectivity index (χ4n) is 2.57. The first-order valence-electron chi connectivity index (χ1n) is 8.27. The van der Waals surface area contributed by atoms with Gasteiger partial charge in [0.2, 0.25) is 0 Å². The first kappa shape index (κ1) is 20.1. The second-order valence-corrected chi connectivity index (χ2v) is 6.29. The maximum absolute atomic E-state index is 12.9. The quantitative estimate of drug-likeness (QED) is 0.437. The van der Waals surface area contributed by atoms with Crippen molar-refractivity contribution in [2.75, 3.05) is 25.6 Å². The van der Waals surface area contributed by atoms with Crippen LogP contribution in [0.5, 0.6) is 0 Å². The molecule has 0 aliphatic carbocycles. The van der Waals surface area contributed by atoms with Crippen LogP contribution in [-0.4, -0.2) is 48.5 Å². The van der Waals surface area contributed by atoms with Gasteiger partial charge in [-0.15, -0.1) is 0 Å². The van der Waals surface area contributed by atoms with Crippen molar-refractivity contribution >= 4 is 23.1 Å². The molecule has 142 valence electrons. The number of benzene rings is 2. The first-order valence-corrected chi connectivity index (χ1v) is 8.27. The summed E-state index contributed by atoms with van der Waals surface area (Å²) in [5.41, 5.74) is 0.568. The fraction of sp³-hybridized carbons (Fsp3) is 0.263. The van der Waals surface area contributed by atoms with Crippen molar-refractivity contribution in [1.29, 1.82) is 0 Å². The van der Waals surface area contributed by atoms with Crippen LogP contribution in [0.2, 0.25) is 0 Å².